The Hall–Kier alpha value is -2.21. The number of halogens is 1. The minimum atomic E-state index is -0.111. The van der Waals surface area contributed by atoms with Gasteiger partial charge in [-0.3, -0.25) is 4.79 Å². The molecule has 24 heavy (non-hydrogen) atoms. The number of hydrogen-bond donors (Lipinski definition) is 0. The van der Waals surface area contributed by atoms with Crippen LogP contribution < -0.4 is 14.2 Å². The zero-order chi connectivity index (χ0) is 17.5. The van der Waals surface area contributed by atoms with Crippen molar-refractivity contribution in [1.29, 1.82) is 0 Å². The van der Waals surface area contributed by atoms with Crippen molar-refractivity contribution in [2.24, 2.45) is 0 Å². The maximum absolute atomic E-state index is 12.2. The minimum Gasteiger partial charge on any atom is -0.493 e. The highest BCUT2D eigenvalue weighted by molar-refractivity contribution is 9.10. The highest BCUT2D eigenvalue weighted by Gasteiger charge is 2.13. The van der Waals surface area contributed by atoms with Crippen LogP contribution >= 0.6 is 15.9 Å². The first kappa shape index (κ1) is 18.1. The Morgan fingerprint density at radius 2 is 1.75 bits per heavy atom. The van der Waals surface area contributed by atoms with E-state index < -0.39 is 0 Å². The second kappa shape index (κ2) is 8.59. The Labute approximate surface area is 150 Å². The van der Waals surface area contributed by atoms with Gasteiger partial charge in [0.1, 0.15) is 5.75 Å². The normalized spacial score (nSPS) is 10.2. The zero-order valence-electron chi connectivity index (χ0n) is 13.9. The highest BCUT2D eigenvalue weighted by Crippen LogP contribution is 2.28. The van der Waals surface area contributed by atoms with Gasteiger partial charge in [0.2, 0.25) is 0 Å². The van der Waals surface area contributed by atoms with E-state index in [9.17, 15) is 4.79 Å². The summed E-state index contributed by atoms with van der Waals surface area (Å²) in [5.74, 6) is 1.83. The molecule has 0 spiro atoms. The van der Waals surface area contributed by atoms with Crippen molar-refractivity contribution in [2.75, 3.05) is 27.9 Å². The molecule has 6 heteroatoms. The summed E-state index contributed by atoms with van der Waals surface area (Å²) in [5.41, 5.74) is 0.949. The predicted octanol–water partition coefficient (Wildman–Crippen LogP) is 3.50. The van der Waals surface area contributed by atoms with Crippen LogP contribution in [0.1, 0.15) is 5.56 Å². The third kappa shape index (κ3) is 4.64. The quantitative estimate of drug-likeness (QED) is 0.721. The molecule has 0 atom stereocenters. The maximum atomic E-state index is 12.2. The van der Waals surface area contributed by atoms with Crippen LogP contribution in [-0.2, 0) is 11.3 Å². The molecule has 0 aliphatic rings. The summed E-state index contributed by atoms with van der Waals surface area (Å²) in [6.07, 6.45) is 0. The van der Waals surface area contributed by atoms with Crippen molar-refractivity contribution in [3.8, 4) is 17.2 Å². The molecule has 0 aromatic heterocycles. The van der Waals surface area contributed by atoms with Crippen LogP contribution in [-0.4, -0.2) is 38.7 Å². The number of carbonyl (C=O) groups is 1. The first-order valence-electron chi connectivity index (χ1n) is 7.37. The van der Waals surface area contributed by atoms with Crippen LogP contribution in [0.2, 0.25) is 0 Å². The lowest BCUT2D eigenvalue weighted by molar-refractivity contribution is -0.132. The first-order chi connectivity index (χ1) is 11.5. The SMILES string of the molecule is COc1ccc(CN(C)C(=O)COc2ccccc2Br)cc1OC. The number of amides is 1. The largest absolute Gasteiger partial charge is 0.493 e. The Morgan fingerprint density at radius 1 is 1.04 bits per heavy atom. The van der Waals surface area contributed by atoms with E-state index in [1.807, 2.05) is 42.5 Å². The van der Waals surface area contributed by atoms with Gasteiger partial charge in [-0.1, -0.05) is 18.2 Å². The molecule has 1 amide bonds. The van der Waals surface area contributed by atoms with Crippen LogP contribution in [0.5, 0.6) is 17.2 Å². The second-order valence-electron chi connectivity index (χ2n) is 5.16. The molecule has 0 bridgehead atoms. The summed E-state index contributed by atoms with van der Waals surface area (Å²) in [4.78, 5) is 13.8. The van der Waals surface area contributed by atoms with Crippen molar-refractivity contribution in [2.45, 2.75) is 6.54 Å². The van der Waals surface area contributed by atoms with Gasteiger partial charge in [0, 0.05) is 13.6 Å². The summed E-state index contributed by atoms with van der Waals surface area (Å²) < 4.78 is 16.9. The van der Waals surface area contributed by atoms with Crippen LogP contribution in [0.15, 0.2) is 46.9 Å². The third-order valence-electron chi connectivity index (χ3n) is 3.48. The average Bonchev–Trinajstić information content (AvgIpc) is 2.60. The molecule has 0 aliphatic carbocycles. The molecular formula is C18H20BrNO4. The van der Waals surface area contributed by atoms with Gasteiger partial charge in [0.05, 0.1) is 18.7 Å². The summed E-state index contributed by atoms with van der Waals surface area (Å²) in [7, 11) is 4.91. The molecule has 0 saturated heterocycles. The topological polar surface area (TPSA) is 48.0 Å². The molecule has 0 radical (unpaired) electrons. The summed E-state index contributed by atoms with van der Waals surface area (Å²) in [6.45, 7) is 0.435. The molecule has 0 heterocycles. The van der Waals surface area contributed by atoms with E-state index in [0.717, 1.165) is 10.0 Å². The monoisotopic (exact) mass is 393 g/mol. The zero-order valence-corrected chi connectivity index (χ0v) is 15.5. The molecule has 5 nitrogen and oxygen atoms in total. The first-order valence-corrected chi connectivity index (χ1v) is 8.16. The number of likely N-dealkylation sites (N-methyl/N-ethyl adjacent to an activating group) is 1. The number of ether oxygens (including phenoxy) is 3. The molecule has 128 valence electrons. The summed E-state index contributed by atoms with van der Waals surface area (Å²) in [6, 6.07) is 13.0. The maximum Gasteiger partial charge on any atom is 0.260 e. The number of methoxy groups -OCH3 is 2. The fourth-order valence-corrected chi connectivity index (χ4v) is 2.55. The second-order valence-corrected chi connectivity index (χ2v) is 6.01. The molecule has 0 fully saturated rings. The van der Waals surface area contributed by atoms with E-state index in [1.54, 1.807) is 26.2 Å². The van der Waals surface area contributed by atoms with Gasteiger partial charge in [0.25, 0.3) is 5.91 Å². The molecule has 2 aromatic rings. The lowest BCUT2D eigenvalue weighted by atomic mass is 10.2. The van der Waals surface area contributed by atoms with Crippen LogP contribution in [0, 0.1) is 0 Å². The molecule has 0 saturated carbocycles. The van der Waals surface area contributed by atoms with Gasteiger partial charge >= 0.3 is 0 Å². The van der Waals surface area contributed by atoms with Gasteiger partial charge in [0.15, 0.2) is 18.1 Å². The van der Waals surface area contributed by atoms with Gasteiger partial charge < -0.3 is 19.1 Å². The van der Waals surface area contributed by atoms with Gasteiger partial charge in [-0.15, -0.1) is 0 Å². The minimum absolute atomic E-state index is 0.0214. The van der Waals surface area contributed by atoms with Crippen molar-refractivity contribution in [3.63, 3.8) is 0 Å². The van der Waals surface area contributed by atoms with E-state index in [2.05, 4.69) is 15.9 Å². The average molecular weight is 394 g/mol. The van der Waals surface area contributed by atoms with Gasteiger partial charge in [-0.25, -0.2) is 0 Å². The van der Waals surface area contributed by atoms with Crippen molar-refractivity contribution in [3.05, 3.63) is 52.5 Å². The van der Waals surface area contributed by atoms with E-state index in [0.29, 0.717) is 23.8 Å². The molecule has 2 aromatic carbocycles. The molecular weight excluding hydrogens is 374 g/mol. The molecule has 0 unspecified atom stereocenters. The van der Waals surface area contributed by atoms with Crippen molar-refractivity contribution < 1.29 is 19.0 Å². The Balaban J connectivity index is 1.95. The molecule has 0 N–H and O–H groups in total. The fourth-order valence-electron chi connectivity index (χ4n) is 2.15. The van der Waals surface area contributed by atoms with Crippen LogP contribution in [0.25, 0.3) is 0 Å². The van der Waals surface area contributed by atoms with E-state index in [4.69, 9.17) is 14.2 Å². The number of hydrogen-bond acceptors (Lipinski definition) is 4. The van der Waals surface area contributed by atoms with Crippen LogP contribution in [0.3, 0.4) is 0 Å². The fraction of sp³-hybridized carbons (Fsp3) is 0.278. The Bertz CT molecular complexity index is 705. The predicted molar refractivity (Wildman–Crippen MR) is 95.7 cm³/mol. The summed E-state index contributed by atoms with van der Waals surface area (Å²) >= 11 is 3.39. The Morgan fingerprint density at radius 3 is 2.42 bits per heavy atom. The molecule has 0 aliphatic heterocycles. The van der Waals surface area contributed by atoms with Crippen molar-refractivity contribution in [1.82, 2.24) is 4.90 Å². The number of nitrogens with zero attached hydrogens (tertiary/aromatic N) is 1. The number of carbonyl (C=O) groups excluding carboxylic acids is 1. The highest BCUT2D eigenvalue weighted by atomic mass is 79.9. The van der Waals surface area contributed by atoms with Gasteiger partial charge in [-0.2, -0.15) is 0 Å². The van der Waals surface area contributed by atoms with Crippen molar-refractivity contribution >= 4 is 21.8 Å². The lowest BCUT2D eigenvalue weighted by Crippen LogP contribution is -2.31. The smallest absolute Gasteiger partial charge is 0.260 e. The standard InChI is InChI=1S/C18H20BrNO4/c1-20(11-13-8-9-16(22-2)17(10-13)23-3)18(21)12-24-15-7-5-4-6-14(15)19/h4-10H,11-12H2,1-3H3. The van der Waals surface area contributed by atoms with E-state index >= 15 is 0 Å². The number of para-hydroxylation sites is 1. The third-order valence-corrected chi connectivity index (χ3v) is 4.14. The Kier molecular flexibility index (Phi) is 6.49. The van der Waals surface area contributed by atoms with Crippen LogP contribution in [0.4, 0.5) is 0 Å². The van der Waals surface area contributed by atoms with E-state index in [1.165, 1.54) is 0 Å². The number of benzene rings is 2. The molecule has 2 rings (SSSR count). The summed E-state index contributed by atoms with van der Waals surface area (Å²) in [5, 5.41) is 0. The van der Waals surface area contributed by atoms with E-state index in [-0.39, 0.29) is 12.5 Å². The number of rotatable bonds is 7. The van der Waals surface area contributed by atoms with Gasteiger partial charge in [-0.05, 0) is 45.8 Å². The lowest BCUT2D eigenvalue weighted by Gasteiger charge is -2.18.